The molecule has 0 radical (unpaired) electrons. The van der Waals surface area contributed by atoms with Crippen molar-refractivity contribution in [3.8, 4) is 56.6 Å². The number of para-hydroxylation sites is 4. The molecule has 0 aliphatic heterocycles. The number of fused-ring (bicyclic) bond motifs is 6. The third-order valence-corrected chi connectivity index (χ3v) is 16.7. The van der Waals surface area contributed by atoms with Gasteiger partial charge in [0.25, 0.3) is 0 Å². The van der Waals surface area contributed by atoms with Gasteiger partial charge in [-0.1, -0.05) is 206 Å². The van der Waals surface area contributed by atoms with Crippen molar-refractivity contribution in [3.05, 3.63) is 290 Å². The molecule has 0 unspecified atom stereocenters. The number of benzene rings is 14. The molecule has 0 amide bonds. The maximum atomic E-state index is 10.7. The Morgan fingerprint density at radius 1 is 0.262 bits per heavy atom. The molecule has 84 heavy (non-hydrogen) atoms. The molecule has 0 aliphatic carbocycles. The Bertz CT molecular complexity index is 5010. The molecule has 0 spiro atoms. The fourth-order valence-corrected chi connectivity index (χ4v) is 12.9. The SMILES string of the molecule is N#Cc1ccc(N(c2cc(-c3ccccc3)c3ccc4c(N(c5ccc(C#N)c(-c6ccccc6)c5)c5cccc6c5oc5ccccc56)cc(-c5ccccc5)c5ccc2c3c54)c2cccc3c2oc2ccccc23)cc1-c1ccccc1. The van der Waals surface area contributed by atoms with Crippen molar-refractivity contribution < 1.29 is 8.83 Å². The van der Waals surface area contributed by atoms with E-state index >= 15 is 0 Å². The van der Waals surface area contributed by atoms with Crippen molar-refractivity contribution in [2.24, 2.45) is 0 Å². The predicted molar refractivity (Wildman–Crippen MR) is 345 cm³/mol. The lowest BCUT2D eigenvalue weighted by molar-refractivity contribution is 0.669. The van der Waals surface area contributed by atoms with Crippen LogP contribution in [-0.4, -0.2) is 0 Å². The maximum absolute atomic E-state index is 10.7. The predicted octanol–water partition coefficient (Wildman–Crippen LogP) is 21.7. The van der Waals surface area contributed by atoms with E-state index in [0.717, 1.165) is 155 Å². The van der Waals surface area contributed by atoms with Gasteiger partial charge in [0.05, 0.1) is 46.0 Å². The molecule has 0 saturated carbocycles. The van der Waals surface area contributed by atoms with Crippen LogP contribution >= 0.6 is 0 Å². The highest BCUT2D eigenvalue weighted by Crippen LogP contribution is 2.54. The van der Waals surface area contributed by atoms with Crippen LogP contribution < -0.4 is 9.80 Å². The average Bonchev–Trinajstić information content (AvgIpc) is 1.57. The fraction of sp³-hybridized carbons (Fsp3) is 0. The Labute approximate surface area is 483 Å². The summed E-state index contributed by atoms with van der Waals surface area (Å²) >= 11 is 0. The van der Waals surface area contributed by atoms with Crippen LogP contribution in [0.15, 0.2) is 288 Å². The van der Waals surface area contributed by atoms with Crippen molar-refractivity contribution in [2.45, 2.75) is 0 Å². The van der Waals surface area contributed by atoms with Crippen LogP contribution in [0.3, 0.4) is 0 Å². The van der Waals surface area contributed by atoms with E-state index in [-0.39, 0.29) is 0 Å². The summed E-state index contributed by atoms with van der Waals surface area (Å²) in [5.41, 5.74) is 17.3. The van der Waals surface area contributed by atoms with Crippen LogP contribution in [0.1, 0.15) is 11.1 Å². The van der Waals surface area contributed by atoms with Gasteiger partial charge in [-0.25, -0.2) is 0 Å². The van der Waals surface area contributed by atoms with E-state index in [1.165, 1.54) is 0 Å². The Hall–Kier alpha value is -11.7. The van der Waals surface area contributed by atoms with Crippen LogP contribution in [0.2, 0.25) is 0 Å². The van der Waals surface area contributed by atoms with Gasteiger partial charge in [-0.05, 0) is 117 Å². The topological polar surface area (TPSA) is 80.3 Å². The number of anilines is 6. The van der Waals surface area contributed by atoms with Crippen LogP contribution in [0.4, 0.5) is 34.1 Å². The molecule has 0 N–H and O–H groups in total. The lowest BCUT2D eigenvalue weighted by Crippen LogP contribution is -2.13. The number of rotatable bonds is 10. The molecule has 2 heterocycles. The summed E-state index contributed by atoms with van der Waals surface area (Å²) in [5, 5.41) is 31.9. The van der Waals surface area contributed by atoms with Crippen molar-refractivity contribution in [3.63, 3.8) is 0 Å². The second-order valence-electron chi connectivity index (χ2n) is 21.3. The minimum absolute atomic E-state index is 0.578. The van der Waals surface area contributed by atoms with Gasteiger partial charge in [0.1, 0.15) is 11.2 Å². The Morgan fingerprint density at radius 3 is 1.00 bits per heavy atom. The van der Waals surface area contributed by atoms with Gasteiger partial charge in [0.15, 0.2) is 11.2 Å². The summed E-state index contributed by atoms with van der Waals surface area (Å²) < 4.78 is 13.9. The zero-order valence-corrected chi connectivity index (χ0v) is 45.2. The molecule has 0 saturated heterocycles. The van der Waals surface area contributed by atoms with Gasteiger partial charge in [0.2, 0.25) is 0 Å². The van der Waals surface area contributed by atoms with E-state index in [9.17, 15) is 10.5 Å². The van der Waals surface area contributed by atoms with Crippen LogP contribution in [0, 0.1) is 22.7 Å². The number of nitriles is 2. The summed E-state index contributed by atoms with van der Waals surface area (Å²) in [5.74, 6) is 0. The largest absolute Gasteiger partial charge is 0.454 e. The minimum atomic E-state index is 0.578. The minimum Gasteiger partial charge on any atom is -0.454 e. The molecule has 390 valence electrons. The number of hydrogen-bond acceptors (Lipinski definition) is 6. The van der Waals surface area contributed by atoms with Crippen molar-refractivity contribution >= 4 is 110 Å². The lowest BCUT2D eigenvalue weighted by Gasteiger charge is -2.31. The van der Waals surface area contributed by atoms with E-state index in [0.29, 0.717) is 11.1 Å². The first-order valence-corrected chi connectivity index (χ1v) is 28.1. The summed E-state index contributed by atoms with van der Waals surface area (Å²) in [6.45, 7) is 0. The normalized spacial score (nSPS) is 11.5. The van der Waals surface area contributed by atoms with Crippen LogP contribution in [-0.2, 0) is 0 Å². The van der Waals surface area contributed by atoms with E-state index in [2.05, 4.69) is 228 Å². The van der Waals surface area contributed by atoms with Gasteiger partial charge < -0.3 is 18.6 Å². The molecule has 2 aromatic heterocycles. The molecular weight excluding hydrogens is 1020 g/mol. The molecule has 0 bridgehead atoms. The van der Waals surface area contributed by atoms with Crippen molar-refractivity contribution in [1.29, 1.82) is 10.5 Å². The number of hydrogen-bond donors (Lipinski definition) is 0. The molecule has 16 aromatic rings. The van der Waals surface area contributed by atoms with E-state index in [4.69, 9.17) is 8.83 Å². The van der Waals surface area contributed by atoms with Gasteiger partial charge >= 0.3 is 0 Å². The lowest BCUT2D eigenvalue weighted by atomic mass is 9.85. The average molecular weight is 1070 g/mol. The standard InChI is InChI=1S/C78H46N4O2/c79-47-53-35-37-55(43-65(53)49-19-5-1-6-20-49)81(69-31-17-29-61-57-27-13-15-33-73(57)83-77(61)69)71-45-67(51-23-9-3-10-24-51)59-40-42-64-72(46-68(52-25-11-4-12-26-52)60-39-41-63(71)75(59)76(60)64)82(56-38-36-54(48-80)66(44-56)50-21-7-2-8-22-50)70-32-18-30-62-58-28-14-16-34-74(58)84-78(62)70/h1-46H. The molecule has 6 nitrogen and oxygen atoms in total. The van der Waals surface area contributed by atoms with Gasteiger partial charge in [-0.2, -0.15) is 10.5 Å². The quantitative estimate of drug-likeness (QED) is 0.127. The highest BCUT2D eigenvalue weighted by atomic mass is 16.3. The zero-order valence-electron chi connectivity index (χ0n) is 45.2. The summed E-state index contributed by atoms with van der Waals surface area (Å²) in [6, 6.07) is 102. The second-order valence-corrected chi connectivity index (χ2v) is 21.3. The first kappa shape index (κ1) is 48.2. The number of nitrogens with zero attached hydrogens (tertiary/aromatic N) is 4. The third kappa shape index (κ3) is 7.63. The first-order chi connectivity index (χ1) is 41.6. The molecule has 6 heteroatoms. The maximum Gasteiger partial charge on any atom is 0.159 e. The Kier molecular flexibility index (Phi) is 11.2. The van der Waals surface area contributed by atoms with Gasteiger partial charge in [-0.3, -0.25) is 0 Å². The molecular formula is C78H46N4O2. The Morgan fingerprint density at radius 2 is 0.607 bits per heavy atom. The monoisotopic (exact) mass is 1070 g/mol. The van der Waals surface area contributed by atoms with E-state index in [1.54, 1.807) is 0 Å². The molecule has 14 aromatic carbocycles. The highest BCUT2D eigenvalue weighted by Gasteiger charge is 2.29. The smallest absolute Gasteiger partial charge is 0.159 e. The van der Waals surface area contributed by atoms with Crippen molar-refractivity contribution in [2.75, 3.05) is 9.80 Å². The first-order valence-electron chi connectivity index (χ1n) is 28.1. The molecule has 0 fully saturated rings. The highest BCUT2D eigenvalue weighted by molar-refractivity contribution is 6.33. The number of furan rings is 2. The van der Waals surface area contributed by atoms with E-state index in [1.807, 2.05) is 72.8 Å². The summed E-state index contributed by atoms with van der Waals surface area (Å²) in [4.78, 5) is 4.68. The molecule has 0 aliphatic rings. The van der Waals surface area contributed by atoms with Crippen LogP contribution in [0.5, 0.6) is 0 Å². The fourth-order valence-electron chi connectivity index (χ4n) is 12.9. The van der Waals surface area contributed by atoms with E-state index < -0.39 is 0 Å². The van der Waals surface area contributed by atoms with Gasteiger partial charge in [-0.15, -0.1) is 0 Å². The van der Waals surface area contributed by atoms with Gasteiger partial charge in [0, 0.05) is 65.6 Å². The Balaban J connectivity index is 1.06. The van der Waals surface area contributed by atoms with Crippen molar-refractivity contribution in [1.82, 2.24) is 0 Å². The third-order valence-electron chi connectivity index (χ3n) is 16.7. The second kappa shape index (κ2) is 19.5. The molecule has 16 rings (SSSR count). The van der Waals surface area contributed by atoms with Crippen LogP contribution in [0.25, 0.3) is 121 Å². The summed E-state index contributed by atoms with van der Waals surface area (Å²) in [6.07, 6.45) is 0. The summed E-state index contributed by atoms with van der Waals surface area (Å²) in [7, 11) is 0. The zero-order chi connectivity index (χ0) is 55.8. The molecule has 0 atom stereocenters.